The van der Waals surface area contributed by atoms with Crippen molar-refractivity contribution in [1.29, 1.82) is 0 Å². The molecular weight excluding hydrogens is 174 g/mol. The summed E-state index contributed by atoms with van der Waals surface area (Å²) in [4.78, 5) is 11.3. The Morgan fingerprint density at radius 1 is 1.33 bits per heavy atom. The molecule has 0 aliphatic rings. The maximum Gasteiger partial charge on any atom is 0.224 e. The van der Waals surface area contributed by atoms with Gasteiger partial charge in [-0.2, -0.15) is 0 Å². The zero-order valence-corrected chi connectivity index (χ0v) is 8.98. The molecule has 0 aliphatic carbocycles. The number of nitrogens with one attached hydrogen (secondary N) is 1. The molecule has 0 aliphatic heterocycles. The van der Waals surface area contributed by atoms with E-state index in [-0.39, 0.29) is 17.9 Å². The lowest BCUT2D eigenvalue weighted by atomic mass is 10.1. The molecule has 72 valence electrons. The zero-order chi connectivity index (χ0) is 9.72. The van der Waals surface area contributed by atoms with Gasteiger partial charge in [-0.05, 0) is 12.8 Å². The monoisotopic (exact) mass is 191 g/mol. The van der Waals surface area contributed by atoms with Crippen LogP contribution >= 0.6 is 11.6 Å². The maximum absolute atomic E-state index is 11.3. The standard InChI is InChI=1S/C9H18ClNO/c1-6(2)8(4)11-9(12)7(3)5-10/h6-8H,5H2,1-4H3,(H,11,12). The Hall–Kier alpha value is -0.240. The normalized spacial score (nSPS) is 15.8. The Labute approximate surface area is 79.7 Å². The van der Waals surface area contributed by atoms with Crippen molar-refractivity contribution in [2.24, 2.45) is 11.8 Å². The Kier molecular flexibility index (Phi) is 5.31. The summed E-state index contributed by atoms with van der Waals surface area (Å²) in [5.41, 5.74) is 0. The summed E-state index contributed by atoms with van der Waals surface area (Å²) < 4.78 is 0. The fourth-order valence-corrected chi connectivity index (χ4v) is 0.744. The van der Waals surface area contributed by atoms with Gasteiger partial charge in [0.2, 0.25) is 5.91 Å². The lowest BCUT2D eigenvalue weighted by Crippen LogP contribution is -2.39. The van der Waals surface area contributed by atoms with Gasteiger partial charge < -0.3 is 5.32 Å². The summed E-state index contributed by atoms with van der Waals surface area (Å²) >= 11 is 5.55. The van der Waals surface area contributed by atoms with Gasteiger partial charge in [0.1, 0.15) is 0 Å². The number of alkyl halides is 1. The average Bonchev–Trinajstić information content (AvgIpc) is 2.02. The number of hydrogen-bond acceptors (Lipinski definition) is 1. The summed E-state index contributed by atoms with van der Waals surface area (Å²) in [5.74, 6) is 0.812. The van der Waals surface area contributed by atoms with Crippen LogP contribution in [-0.4, -0.2) is 17.8 Å². The van der Waals surface area contributed by atoms with E-state index in [9.17, 15) is 4.79 Å². The zero-order valence-electron chi connectivity index (χ0n) is 8.23. The van der Waals surface area contributed by atoms with E-state index in [4.69, 9.17) is 11.6 Å². The smallest absolute Gasteiger partial charge is 0.224 e. The number of amides is 1. The van der Waals surface area contributed by atoms with Gasteiger partial charge in [0.25, 0.3) is 0 Å². The molecule has 0 aromatic carbocycles. The first-order chi connectivity index (χ1) is 5.49. The van der Waals surface area contributed by atoms with Crippen LogP contribution < -0.4 is 5.32 Å². The van der Waals surface area contributed by atoms with Crippen molar-refractivity contribution in [3.63, 3.8) is 0 Å². The molecule has 0 bridgehead atoms. The van der Waals surface area contributed by atoms with E-state index in [2.05, 4.69) is 19.2 Å². The Bertz CT molecular complexity index is 147. The van der Waals surface area contributed by atoms with Crippen LogP contribution in [0.1, 0.15) is 27.7 Å². The second kappa shape index (κ2) is 5.41. The van der Waals surface area contributed by atoms with Crippen LogP contribution in [0.2, 0.25) is 0 Å². The van der Waals surface area contributed by atoms with Crippen molar-refractivity contribution in [1.82, 2.24) is 5.32 Å². The topological polar surface area (TPSA) is 29.1 Å². The van der Waals surface area contributed by atoms with E-state index in [0.717, 1.165) is 0 Å². The Balaban J connectivity index is 3.84. The van der Waals surface area contributed by atoms with Gasteiger partial charge in [-0.1, -0.05) is 20.8 Å². The van der Waals surface area contributed by atoms with Gasteiger partial charge in [0.05, 0.1) is 0 Å². The minimum Gasteiger partial charge on any atom is -0.353 e. The summed E-state index contributed by atoms with van der Waals surface area (Å²) in [5, 5.41) is 2.91. The Morgan fingerprint density at radius 3 is 2.17 bits per heavy atom. The highest BCUT2D eigenvalue weighted by molar-refractivity contribution is 6.19. The minimum absolute atomic E-state index is 0.0474. The lowest BCUT2D eigenvalue weighted by molar-refractivity contribution is -0.124. The lowest BCUT2D eigenvalue weighted by Gasteiger charge is -2.19. The quantitative estimate of drug-likeness (QED) is 0.677. The van der Waals surface area contributed by atoms with Crippen LogP contribution in [-0.2, 0) is 4.79 Å². The molecule has 12 heavy (non-hydrogen) atoms. The molecule has 0 saturated heterocycles. The summed E-state index contributed by atoms with van der Waals surface area (Å²) in [6.45, 7) is 7.99. The first kappa shape index (κ1) is 11.8. The number of rotatable bonds is 4. The molecule has 3 heteroatoms. The van der Waals surface area contributed by atoms with E-state index in [0.29, 0.717) is 11.8 Å². The second-order valence-corrected chi connectivity index (χ2v) is 3.91. The van der Waals surface area contributed by atoms with Gasteiger partial charge in [-0.15, -0.1) is 11.6 Å². The van der Waals surface area contributed by atoms with E-state index in [1.54, 1.807) is 0 Å². The van der Waals surface area contributed by atoms with Crippen molar-refractivity contribution >= 4 is 17.5 Å². The van der Waals surface area contributed by atoms with Crippen LogP contribution in [0.5, 0.6) is 0 Å². The molecular formula is C9H18ClNO. The van der Waals surface area contributed by atoms with Crippen molar-refractivity contribution in [3.05, 3.63) is 0 Å². The second-order valence-electron chi connectivity index (χ2n) is 3.60. The van der Waals surface area contributed by atoms with Gasteiger partial charge in [0, 0.05) is 17.8 Å². The highest BCUT2D eigenvalue weighted by Gasteiger charge is 2.15. The largest absolute Gasteiger partial charge is 0.353 e. The van der Waals surface area contributed by atoms with Crippen LogP contribution in [0.25, 0.3) is 0 Å². The van der Waals surface area contributed by atoms with E-state index in [1.807, 2.05) is 13.8 Å². The van der Waals surface area contributed by atoms with Gasteiger partial charge in [-0.25, -0.2) is 0 Å². The van der Waals surface area contributed by atoms with Crippen LogP contribution in [0.15, 0.2) is 0 Å². The van der Waals surface area contributed by atoms with Crippen molar-refractivity contribution in [3.8, 4) is 0 Å². The molecule has 2 atom stereocenters. The van der Waals surface area contributed by atoms with E-state index in [1.165, 1.54) is 0 Å². The number of halogens is 1. The highest BCUT2D eigenvalue weighted by atomic mass is 35.5. The van der Waals surface area contributed by atoms with E-state index >= 15 is 0 Å². The third kappa shape index (κ3) is 3.96. The molecule has 0 saturated carbocycles. The molecule has 0 fully saturated rings. The SMILES string of the molecule is CC(CCl)C(=O)NC(C)C(C)C. The fourth-order valence-electron chi connectivity index (χ4n) is 0.603. The van der Waals surface area contributed by atoms with Crippen LogP contribution in [0, 0.1) is 11.8 Å². The predicted molar refractivity (Wildman–Crippen MR) is 52.3 cm³/mol. The van der Waals surface area contributed by atoms with Crippen LogP contribution in [0.3, 0.4) is 0 Å². The molecule has 0 radical (unpaired) electrons. The number of hydrogen-bond donors (Lipinski definition) is 1. The molecule has 2 unspecified atom stereocenters. The minimum atomic E-state index is -0.0899. The van der Waals surface area contributed by atoms with Crippen molar-refractivity contribution in [2.45, 2.75) is 33.7 Å². The molecule has 0 aromatic heterocycles. The van der Waals surface area contributed by atoms with Gasteiger partial charge in [0.15, 0.2) is 0 Å². The maximum atomic E-state index is 11.3. The average molecular weight is 192 g/mol. The van der Waals surface area contributed by atoms with Crippen molar-refractivity contribution in [2.75, 3.05) is 5.88 Å². The third-order valence-electron chi connectivity index (χ3n) is 2.05. The first-order valence-electron chi connectivity index (χ1n) is 4.35. The first-order valence-corrected chi connectivity index (χ1v) is 4.88. The number of carbonyl (C=O) groups is 1. The molecule has 0 aromatic rings. The third-order valence-corrected chi connectivity index (χ3v) is 2.51. The summed E-state index contributed by atoms with van der Waals surface area (Å²) in [6.07, 6.45) is 0. The van der Waals surface area contributed by atoms with Crippen LogP contribution in [0.4, 0.5) is 0 Å². The fraction of sp³-hybridized carbons (Fsp3) is 0.889. The van der Waals surface area contributed by atoms with Crippen molar-refractivity contribution < 1.29 is 4.79 Å². The molecule has 1 amide bonds. The van der Waals surface area contributed by atoms with Gasteiger partial charge in [-0.3, -0.25) is 4.79 Å². The molecule has 2 nitrogen and oxygen atoms in total. The Morgan fingerprint density at radius 2 is 1.83 bits per heavy atom. The molecule has 0 spiro atoms. The highest BCUT2D eigenvalue weighted by Crippen LogP contribution is 2.03. The predicted octanol–water partition coefficient (Wildman–Crippen LogP) is 2.02. The summed E-state index contributed by atoms with van der Waals surface area (Å²) in [7, 11) is 0. The summed E-state index contributed by atoms with van der Waals surface area (Å²) in [6, 6.07) is 0.225. The van der Waals surface area contributed by atoms with E-state index < -0.39 is 0 Å². The molecule has 0 rings (SSSR count). The molecule has 0 heterocycles. The van der Waals surface area contributed by atoms with Gasteiger partial charge >= 0.3 is 0 Å². The molecule has 1 N–H and O–H groups in total. The number of carbonyl (C=O) groups excluding carboxylic acids is 1.